The van der Waals surface area contributed by atoms with Crippen LogP contribution in [-0.2, 0) is 4.79 Å². The highest BCUT2D eigenvalue weighted by molar-refractivity contribution is 5.94. The van der Waals surface area contributed by atoms with Crippen LogP contribution < -0.4 is 0 Å². The molecule has 2 aliphatic heterocycles. The molecule has 0 radical (unpaired) electrons. The Morgan fingerprint density at radius 1 is 1.15 bits per heavy atom. The highest BCUT2D eigenvalue weighted by Gasteiger charge is 2.43. The summed E-state index contributed by atoms with van der Waals surface area (Å²) in [4.78, 5) is 29.1. The molecule has 5 heteroatoms. The Morgan fingerprint density at radius 2 is 1.85 bits per heavy atom. The average Bonchev–Trinajstić information content (AvgIpc) is 3.19. The van der Waals surface area contributed by atoms with E-state index in [-0.39, 0.29) is 16.9 Å². The number of piperidine rings is 2. The molecule has 0 aromatic heterocycles. The molecule has 4 nitrogen and oxygen atoms in total. The third kappa shape index (κ3) is 3.61. The molecule has 27 heavy (non-hydrogen) atoms. The van der Waals surface area contributed by atoms with Crippen LogP contribution in [0.4, 0.5) is 4.39 Å². The van der Waals surface area contributed by atoms with Gasteiger partial charge in [-0.3, -0.25) is 9.59 Å². The van der Waals surface area contributed by atoms with Gasteiger partial charge in [0.15, 0.2) is 0 Å². The first kappa shape index (κ1) is 18.5. The fraction of sp³-hybridized carbons (Fsp3) is 0.636. The lowest BCUT2D eigenvalue weighted by atomic mass is 9.72. The van der Waals surface area contributed by atoms with E-state index in [1.54, 1.807) is 17.0 Å². The first-order valence-corrected chi connectivity index (χ1v) is 10.3. The minimum Gasteiger partial charge on any atom is -0.339 e. The molecule has 0 unspecified atom stereocenters. The van der Waals surface area contributed by atoms with Crippen molar-refractivity contribution in [1.29, 1.82) is 0 Å². The Morgan fingerprint density at radius 3 is 2.52 bits per heavy atom. The van der Waals surface area contributed by atoms with Gasteiger partial charge in [-0.25, -0.2) is 4.39 Å². The van der Waals surface area contributed by atoms with Gasteiger partial charge in [0.1, 0.15) is 5.82 Å². The van der Waals surface area contributed by atoms with Crippen molar-refractivity contribution in [3.63, 3.8) is 0 Å². The number of hydrogen-bond donors (Lipinski definition) is 0. The second kappa shape index (κ2) is 7.25. The predicted molar refractivity (Wildman–Crippen MR) is 102 cm³/mol. The number of hydrogen-bond acceptors (Lipinski definition) is 2. The molecular formula is C22H29FN2O2. The Balaban J connectivity index is 1.42. The fourth-order valence-corrected chi connectivity index (χ4v) is 5.15. The summed E-state index contributed by atoms with van der Waals surface area (Å²) in [5.41, 5.74) is 1.13. The summed E-state index contributed by atoms with van der Waals surface area (Å²) in [6.07, 6.45) is 8.11. The van der Waals surface area contributed by atoms with Gasteiger partial charge in [-0.05, 0) is 62.1 Å². The van der Waals surface area contributed by atoms with Crippen LogP contribution in [0.15, 0.2) is 18.2 Å². The Labute approximate surface area is 160 Å². The summed E-state index contributed by atoms with van der Waals surface area (Å²) in [6.45, 7) is 3.97. The number of carbonyl (C=O) groups is 2. The first-order chi connectivity index (χ1) is 13.0. The number of halogens is 1. The summed E-state index contributed by atoms with van der Waals surface area (Å²) in [5, 5.41) is 0. The highest BCUT2D eigenvalue weighted by atomic mass is 19.1. The van der Waals surface area contributed by atoms with Crippen molar-refractivity contribution in [3.05, 3.63) is 35.1 Å². The zero-order valence-corrected chi connectivity index (χ0v) is 16.2. The van der Waals surface area contributed by atoms with E-state index in [0.717, 1.165) is 44.2 Å². The van der Waals surface area contributed by atoms with Gasteiger partial charge in [0.05, 0.1) is 5.56 Å². The largest absolute Gasteiger partial charge is 0.339 e. The maximum Gasteiger partial charge on any atom is 0.256 e. The fourth-order valence-electron chi connectivity index (χ4n) is 5.15. The van der Waals surface area contributed by atoms with Crippen LogP contribution in [0.3, 0.4) is 0 Å². The van der Waals surface area contributed by atoms with Crippen LogP contribution >= 0.6 is 0 Å². The Bertz CT molecular complexity index is 734. The first-order valence-electron chi connectivity index (χ1n) is 10.3. The maximum absolute atomic E-state index is 14.2. The van der Waals surface area contributed by atoms with Crippen molar-refractivity contribution in [3.8, 4) is 0 Å². The lowest BCUT2D eigenvalue weighted by Gasteiger charge is -2.49. The molecule has 2 amide bonds. The van der Waals surface area contributed by atoms with Crippen molar-refractivity contribution in [2.45, 2.75) is 64.3 Å². The van der Waals surface area contributed by atoms with Gasteiger partial charge in [-0.15, -0.1) is 0 Å². The van der Waals surface area contributed by atoms with Gasteiger partial charge in [-0.1, -0.05) is 18.9 Å². The van der Waals surface area contributed by atoms with Crippen LogP contribution in [0.5, 0.6) is 0 Å². The van der Waals surface area contributed by atoms with Gasteiger partial charge in [-0.2, -0.15) is 0 Å². The van der Waals surface area contributed by atoms with Crippen molar-refractivity contribution >= 4 is 11.8 Å². The molecule has 2 saturated heterocycles. The van der Waals surface area contributed by atoms with E-state index in [2.05, 4.69) is 4.90 Å². The molecule has 3 fully saturated rings. The van der Waals surface area contributed by atoms with Gasteiger partial charge in [0.2, 0.25) is 5.91 Å². The molecule has 0 N–H and O–H groups in total. The van der Waals surface area contributed by atoms with Gasteiger partial charge < -0.3 is 9.80 Å². The topological polar surface area (TPSA) is 40.6 Å². The molecule has 1 aliphatic carbocycles. The normalized spacial score (nSPS) is 23.3. The van der Waals surface area contributed by atoms with Crippen molar-refractivity contribution in [1.82, 2.24) is 9.80 Å². The molecule has 0 atom stereocenters. The molecule has 3 aliphatic rings. The second-order valence-corrected chi connectivity index (χ2v) is 8.74. The number of aryl methyl sites for hydroxylation is 1. The predicted octanol–water partition coefficient (Wildman–Crippen LogP) is 3.92. The maximum atomic E-state index is 14.2. The molecule has 0 bridgehead atoms. The molecular weight excluding hydrogens is 343 g/mol. The smallest absolute Gasteiger partial charge is 0.256 e. The van der Waals surface area contributed by atoms with Crippen LogP contribution in [0.25, 0.3) is 0 Å². The quantitative estimate of drug-likeness (QED) is 0.789. The molecule has 4 rings (SSSR count). The molecule has 1 aromatic rings. The van der Waals surface area contributed by atoms with Crippen LogP contribution in [0, 0.1) is 18.2 Å². The minimum atomic E-state index is -0.434. The summed E-state index contributed by atoms with van der Waals surface area (Å²) >= 11 is 0. The molecule has 2 heterocycles. The van der Waals surface area contributed by atoms with E-state index in [4.69, 9.17) is 0 Å². The highest BCUT2D eigenvalue weighted by Crippen LogP contribution is 2.42. The van der Waals surface area contributed by atoms with Crippen molar-refractivity contribution < 1.29 is 14.0 Å². The zero-order valence-electron chi connectivity index (χ0n) is 16.2. The summed E-state index contributed by atoms with van der Waals surface area (Å²) in [6, 6.07) is 5.23. The van der Waals surface area contributed by atoms with E-state index in [1.807, 2.05) is 6.92 Å². The Hall–Kier alpha value is -1.91. The monoisotopic (exact) mass is 372 g/mol. The zero-order chi connectivity index (χ0) is 19.0. The molecule has 1 aromatic carbocycles. The van der Waals surface area contributed by atoms with Crippen LogP contribution in [0.1, 0.15) is 67.3 Å². The van der Waals surface area contributed by atoms with Crippen LogP contribution in [0.2, 0.25) is 0 Å². The van der Waals surface area contributed by atoms with Gasteiger partial charge in [0, 0.05) is 32.1 Å². The third-order valence-electron chi connectivity index (χ3n) is 6.93. The third-order valence-corrected chi connectivity index (χ3v) is 6.93. The van der Waals surface area contributed by atoms with E-state index >= 15 is 0 Å². The number of likely N-dealkylation sites (tertiary alicyclic amines) is 2. The lowest BCUT2D eigenvalue weighted by molar-refractivity contribution is -0.142. The summed E-state index contributed by atoms with van der Waals surface area (Å²) in [7, 11) is 0. The number of carbonyl (C=O) groups excluding carboxylic acids is 2. The van der Waals surface area contributed by atoms with E-state index < -0.39 is 5.82 Å². The second-order valence-electron chi connectivity index (χ2n) is 8.74. The van der Waals surface area contributed by atoms with Crippen molar-refractivity contribution in [2.24, 2.45) is 5.41 Å². The van der Waals surface area contributed by atoms with Crippen LogP contribution in [-0.4, -0.2) is 47.3 Å². The van der Waals surface area contributed by atoms with Gasteiger partial charge >= 0.3 is 0 Å². The number of nitrogens with zero attached hydrogens (tertiary/aromatic N) is 2. The van der Waals surface area contributed by atoms with E-state index in [0.29, 0.717) is 31.5 Å². The molecule has 1 saturated carbocycles. The standard InChI is InChI=1S/C22H29FN2O2/c1-16-6-7-18(19(23)14-16)21(27)24-12-10-22(11-13-24)9-8-20(26)25(15-22)17-4-2-3-5-17/h6-7,14,17H,2-5,8-13,15H2,1H3. The summed E-state index contributed by atoms with van der Waals surface area (Å²) < 4.78 is 14.2. The molecule has 1 spiro atoms. The van der Waals surface area contributed by atoms with E-state index in [1.165, 1.54) is 18.9 Å². The minimum absolute atomic E-state index is 0.138. The number of amides is 2. The molecule has 146 valence electrons. The lowest BCUT2D eigenvalue weighted by Crippen LogP contribution is -2.54. The van der Waals surface area contributed by atoms with Gasteiger partial charge in [0.25, 0.3) is 5.91 Å². The summed E-state index contributed by atoms with van der Waals surface area (Å²) in [5.74, 6) is -0.328. The Kier molecular flexibility index (Phi) is 4.95. The number of benzene rings is 1. The number of rotatable bonds is 2. The average molecular weight is 372 g/mol. The van der Waals surface area contributed by atoms with E-state index in [9.17, 15) is 14.0 Å². The van der Waals surface area contributed by atoms with Crippen molar-refractivity contribution in [2.75, 3.05) is 19.6 Å². The SMILES string of the molecule is Cc1ccc(C(=O)N2CCC3(CCC(=O)N(C4CCCC4)C3)CC2)c(F)c1.